The number of rotatable bonds is 6. The molecule has 0 aliphatic heterocycles. The van der Waals surface area contributed by atoms with Crippen LogP contribution in [-0.4, -0.2) is 6.54 Å². The zero-order valence-electron chi connectivity index (χ0n) is 11.3. The molecule has 0 heterocycles. The highest BCUT2D eigenvalue weighted by molar-refractivity contribution is 5.19. The molecule has 0 aromatic heterocycles. The number of hydrogen-bond acceptors (Lipinski definition) is 1. The van der Waals surface area contributed by atoms with Crippen molar-refractivity contribution in [2.24, 2.45) is 17.8 Å². The topological polar surface area (TPSA) is 12.0 Å². The lowest BCUT2D eigenvalue weighted by Crippen LogP contribution is -2.30. The van der Waals surface area contributed by atoms with Gasteiger partial charge in [-0.3, -0.25) is 0 Å². The molecule has 1 aromatic rings. The summed E-state index contributed by atoms with van der Waals surface area (Å²) in [5, 5.41) is 3.76. The molecular weight excluding hydrogens is 206 g/mol. The average Bonchev–Trinajstić information content (AvgIpc) is 3.14. The monoisotopic (exact) mass is 231 g/mol. The predicted molar refractivity (Wildman–Crippen MR) is 73.9 cm³/mol. The van der Waals surface area contributed by atoms with Gasteiger partial charge >= 0.3 is 0 Å². The predicted octanol–water partition coefficient (Wildman–Crippen LogP) is 4.02. The maximum atomic E-state index is 3.76. The zero-order valence-corrected chi connectivity index (χ0v) is 11.3. The first-order valence-corrected chi connectivity index (χ1v) is 6.97. The van der Waals surface area contributed by atoms with Crippen LogP contribution in [0.4, 0.5) is 0 Å². The van der Waals surface area contributed by atoms with E-state index in [0.29, 0.717) is 12.0 Å². The highest BCUT2D eigenvalue weighted by Crippen LogP contribution is 2.36. The van der Waals surface area contributed by atoms with Crippen LogP contribution in [0.3, 0.4) is 0 Å². The molecule has 94 valence electrons. The van der Waals surface area contributed by atoms with Gasteiger partial charge in [0.2, 0.25) is 0 Å². The van der Waals surface area contributed by atoms with Gasteiger partial charge in [-0.1, -0.05) is 51.1 Å². The van der Waals surface area contributed by atoms with E-state index in [1.54, 1.807) is 0 Å². The number of hydrogen-bond donors (Lipinski definition) is 1. The van der Waals surface area contributed by atoms with Gasteiger partial charge in [-0.05, 0) is 42.7 Å². The normalized spacial score (nSPS) is 19.3. The molecule has 1 N–H and O–H groups in total. The average molecular weight is 231 g/mol. The van der Waals surface area contributed by atoms with Crippen LogP contribution >= 0.6 is 0 Å². The van der Waals surface area contributed by atoms with E-state index in [0.717, 1.165) is 18.4 Å². The second-order valence-electron chi connectivity index (χ2n) is 5.86. The van der Waals surface area contributed by atoms with Crippen LogP contribution in [0.2, 0.25) is 0 Å². The smallest absolute Gasteiger partial charge is 0.0343 e. The first-order chi connectivity index (χ1) is 8.18. The maximum absolute atomic E-state index is 3.76. The van der Waals surface area contributed by atoms with Crippen LogP contribution in [-0.2, 0) is 0 Å². The van der Waals surface area contributed by atoms with E-state index >= 15 is 0 Å². The van der Waals surface area contributed by atoms with E-state index in [1.807, 2.05) is 0 Å². The molecule has 17 heavy (non-hydrogen) atoms. The largest absolute Gasteiger partial charge is 0.309 e. The molecule has 2 atom stereocenters. The van der Waals surface area contributed by atoms with Crippen molar-refractivity contribution in [3.8, 4) is 0 Å². The van der Waals surface area contributed by atoms with Crippen molar-refractivity contribution in [1.82, 2.24) is 5.32 Å². The summed E-state index contributed by atoms with van der Waals surface area (Å²) in [6, 6.07) is 11.3. The molecule has 0 bridgehead atoms. The molecule has 1 heteroatoms. The Morgan fingerprint density at radius 2 is 1.76 bits per heavy atom. The summed E-state index contributed by atoms with van der Waals surface area (Å²) in [6.45, 7) is 8.13. The summed E-state index contributed by atoms with van der Waals surface area (Å²) < 4.78 is 0. The minimum absolute atomic E-state index is 0.498. The molecule has 1 nitrogen and oxygen atoms in total. The summed E-state index contributed by atoms with van der Waals surface area (Å²) >= 11 is 0. The summed E-state index contributed by atoms with van der Waals surface area (Å²) in [4.78, 5) is 0. The maximum Gasteiger partial charge on any atom is 0.0343 e. The van der Waals surface area contributed by atoms with Gasteiger partial charge in [-0.15, -0.1) is 0 Å². The highest BCUT2D eigenvalue weighted by Gasteiger charge is 2.28. The molecule has 1 aromatic carbocycles. The third kappa shape index (κ3) is 3.57. The van der Waals surface area contributed by atoms with Crippen LogP contribution in [0.15, 0.2) is 30.3 Å². The van der Waals surface area contributed by atoms with Crippen molar-refractivity contribution in [3.63, 3.8) is 0 Å². The standard InChI is InChI=1S/C16H25N/c1-12(2)16(15-7-5-4-6-8-15)17-11-13(3)14-9-10-14/h4-8,12-14,16-17H,9-11H2,1-3H3. The molecule has 0 amide bonds. The minimum atomic E-state index is 0.498. The fourth-order valence-electron chi connectivity index (χ4n) is 2.54. The molecule has 0 spiro atoms. The molecule has 1 aliphatic rings. The zero-order chi connectivity index (χ0) is 12.3. The fourth-order valence-corrected chi connectivity index (χ4v) is 2.54. The molecule has 1 fully saturated rings. The minimum Gasteiger partial charge on any atom is -0.309 e. The van der Waals surface area contributed by atoms with Crippen molar-refractivity contribution in [2.45, 2.75) is 39.7 Å². The molecule has 2 unspecified atom stereocenters. The van der Waals surface area contributed by atoms with Gasteiger partial charge in [0.1, 0.15) is 0 Å². The van der Waals surface area contributed by atoms with Gasteiger partial charge in [0.25, 0.3) is 0 Å². The number of benzene rings is 1. The lowest BCUT2D eigenvalue weighted by molar-refractivity contribution is 0.363. The first kappa shape index (κ1) is 12.6. The van der Waals surface area contributed by atoms with Crippen LogP contribution in [0.1, 0.15) is 45.2 Å². The van der Waals surface area contributed by atoms with Crippen molar-refractivity contribution in [1.29, 1.82) is 0 Å². The SMILES string of the molecule is CC(C)C(NCC(C)C1CC1)c1ccccc1. The Labute approximate surface area is 106 Å². The first-order valence-electron chi connectivity index (χ1n) is 6.97. The van der Waals surface area contributed by atoms with Gasteiger partial charge < -0.3 is 5.32 Å². The van der Waals surface area contributed by atoms with Gasteiger partial charge in [0.15, 0.2) is 0 Å². The summed E-state index contributed by atoms with van der Waals surface area (Å²) in [6.07, 6.45) is 2.89. The van der Waals surface area contributed by atoms with Gasteiger partial charge in [0, 0.05) is 6.04 Å². The van der Waals surface area contributed by atoms with Crippen LogP contribution in [0, 0.1) is 17.8 Å². The van der Waals surface area contributed by atoms with E-state index in [1.165, 1.54) is 18.4 Å². The Bertz CT molecular complexity index is 327. The van der Waals surface area contributed by atoms with Gasteiger partial charge in [-0.25, -0.2) is 0 Å². The Morgan fingerprint density at radius 3 is 2.29 bits per heavy atom. The van der Waals surface area contributed by atoms with E-state index < -0.39 is 0 Å². The van der Waals surface area contributed by atoms with E-state index in [-0.39, 0.29) is 0 Å². The lowest BCUT2D eigenvalue weighted by Gasteiger charge is -2.25. The Balaban J connectivity index is 1.93. The second kappa shape index (κ2) is 5.68. The number of nitrogens with one attached hydrogen (secondary N) is 1. The van der Waals surface area contributed by atoms with Crippen LogP contribution in [0.5, 0.6) is 0 Å². The van der Waals surface area contributed by atoms with E-state index in [9.17, 15) is 0 Å². The van der Waals surface area contributed by atoms with Gasteiger partial charge in [0.05, 0.1) is 0 Å². The molecule has 0 saturated heterocycles. The summed E-state index contributed by atoms with van der Waals surface area (Å²) in [7, 11) is 0. The second-order valence-corrected chi connectivity index (χ2v) is 5.86. The van der Waals surface area contributed by atoms with Crippen LogP contribution < -0.4 is 5.32 Å². The van der Waals surface area contributed by atoms with E-state index in [4.69, 9.17) is 0 Å². The third-order valence-corrected chi connectivity index (χ3v) is 3.91. The highest BCUT2D eigenvalue weighted by atomic mass is 14.9. The Morgan fingerprint density at radius 1 is 1.12 bits per heavy atom. The fraction of sp³-hybridized carbons (Fsp3) is 0.625. The van der Waals surface area contributed by atoms with Crippen molar-refractivity contribution >= 4 is 0 Å². The molecular formula is C16H25N. The molecule has 2 rings (SSSR count). The summed E-state index contributed by atoms with van der Waals surface area (Å²) in [5.41, 5.74) is 1.42. The van der Waals surface area contributed by atoms with Crippen LogP contribution in [0.25, 0.3) is 0 Å². The summed E-state index contributed by atoms with van der Waals surface area (Å²) in [5.74, 6) is 2.47. The Kier molecular flexibility index (Phi) is 4.22. The Hall–Kier alpha value is -0.820. The lowest BCUT2D eigenvalue weighted by atomic mass is 9.95. The van der Waals surface area contributed by atoms with Crippen molar-refractivity contribution in [2.75, 3.05) is 6.54 Å². The van der Waals surface area contributed by atoms with Crippen molar-refractivity contribution in [3.05, 3.63) is 35.9 Å². The van der Waals surface area contributed by atoms with E-state index in [2.05, 4.69) is 56.4 Å². The third-order valence-electron chi connectivity index (χ3n) is 3.91. The van der Waals surface area contributed by atoms with Gasteiger partial charge in [-0.2, -0.15) is 0 Å². The molecule has 1 saturated carbocycles. The quantitative estimate of drug-likeness (QED) is 0.779. The molecule has 0 radical (unpaired) electrons. The van der Waals surface area contributed by atoms with Crippen molar-refractivity contribution < 1.29 is 0 Å². The molecule has 1 aliphatic carbocycles.